The van der Waals surface area contributed by atoms with E-state index >= 15 is 0 Å². The molecule has 2 N–H and O–H groups in total. The normalized spacial score (nSPS) is 12.5. The van der Waals surface area contributed by atoms with E-state index in [4.69, 9.17) is 9.47 Å². The van der Waals surface area contributed by atoms with E-state index in [1.807, 2.05) is 30.3 Å². The van der Waals surface area contributed by atoms with Crippen molar-refractivity contribution in [3.05, 3.63) is 65.7 Å². The Hall–Kier alpha value is -2.53. The van der Waals surface area contributed by atoms with E-state index in [2.05, 4.69) is 39.9 Å². The number of rotatable bonds is 8. The van der Waals surface area contributed by atoms with Crippen LogP contribution >= 0.6 is 0 Å². The van der Waals surface area contributed by atoms with Gasteiger partial charge in [-0.25, -0.2) is 0 Å². The van der Waals surface area contributed by atoms with E-state index < -0.39 is 0 Å². The zero-order chi connectivity index (χ0) is 17.9. The molecule has 2 rings (SSSR count). The van der Waals surface area contributed by atoms with Gasteiger partial charge in [-0.2, -0.15) is 0 Å². The third-order valence-electron chi connectivity index (χ3n) is 4.00. The summed E-state index contributed by atoms with van der Waals surface area (Å²) < 4.78 is 10.7. The van der Waals surface area contributed by atoms with Gasteiger partial charge in [0.05, 0.1) is 13.2 Å². The lowest BCUT2D eigenvalue weighted by Gasteiger charge is -2.18. The zero-order valence-electron chi connectivity index (χ0n) is 15.2. The largest absolute Gasteiger partial charge is 0.497 e. The predicted molar refractivity (Wildman–Crippen MR) is 102 cm³/mol. The van der Waals surface area contributed by atoms with E-state index in [1.165, 1.54) is 5.56 Å². The Morgan fingerprint density at radius 2 is 1.72 bits per heavy atom. The smallest absolute Gasteiger partial charge is 0.191 e. The molecule has 0 aliphatic carbocycles. The Bertz CT molecular complexity index is 642. The molecule has 0 spiro atoms. The number of nitrogens with zero attached hydrogens (tertiary/aromatic N) is 1. The van der Waals surface area contributed by atoms with Crippen LogP contribution in [0.15, 0.2) is 59.6 Å². The Morgan fingerprint density at radius 3 is 2.32 bits per heavy atom. The number of hydrogen-bond donors (Lipinski definition) is 2. The maximum absolute atomic E-state index is 5.57. The number of hydrogen-bond acceptors (Lipinski definition) is 3. The van der Waals surface area contributed by atoms with Crippen molar-refractivity contribution in [1.82, 2.24) is 10.6 Å². The molecule has 0 radical (unpaired) electrons. The van der Waals surface area contributed by atoms with E-state index in [1.54, 1.807) is 21.3 Å². The number of aliphatic imine (C=N–C) groups is 1. The van der Waals surface area contributed by atoms with E-state index in [9.17, 15) is 0 Å². The van der Waals surface area contributed by atoms with Gasteiger partial charge in [0, 0.05) is 27.2 Å². The molecule has 2 aromatic rings. The SMILES string of the molecule is CN=C(NCCc1ccc(OC)cc1)NCC(OC)c1ccccc1. The minimum absolute atomic E-state index is 0.0126. The van der Waals surface area contributed by atoms with Crippen molar-refractivity contribution in [2.24, 2.45) is 4.99 Å². The zero-order valence-corrected chi connectivity index (χ0v) is 15.2. The van der Waals surface area contributed by atoms with Crippen molar-refractivity contribution in [3.8, 4) is 5.75 Å². The molecular weight excluding hydrogens is 314 g/mol. The molecule has 5 nitrogen and oxygen atoms in total. The topological polar surface area (TPSA) is 54.9 Å². The van der Waals surface area contributed by atoms with Crippen LogP contribution in [-0.2, 0) is 11.2 Å². The minimum atomic E-state index is -0.0126. The van der Waals surface area contributed by atoms with Gasteiger partial charge in [0.25, 0.3) is 0 Å². The van der Waals surface area contributed by atoms with E-state index in [-0.39, 0.29) is 6.10 Å². The van der Waals surface area contributed by atoms with Gasteiger partial charge in [-0.1, -0.05) is 42.5 Å². The van der Waals surface area contributed by atoms with E-state index in [0.29, 0.717) is 6.54 Å². The van der Waals surface area contributed by atoms with Crippen molar-refractivity contribution in [2.75, 3.05) is 34.4 Å². The molecular formula is C20H27N3O2. The number of benzene rings is 2. The highest BCUT2D eigenvalue weighted by atomic mass is 16.5. The van der Waals surface area contributed by atoms with Crippen molar-refractivity contribution < 1.29 is 9.47 Å². The van der Waals surface area contributed by atoms with Crippen LogP contribution in [0.3, 0.4) is 0 Å². The molecule has 0 saturated carbocycles. The van der Waals surface area contributed by atoms with Gasteiger partial charge < -0.3 is 20.1 Å². The van der Waals surface area contributed by atoms with Crippen molar-refractivity contribution in [1.29, 1.82) is 0 Å². The van der Waals surface area contributed by atoms with Gasteiger partial charge in [0.1, 0.15) is 5.75 Å². The van der Waals surface area contributed by atoms with Crippen LogP contribution < -0.4 is 15.4 Å². The molecule has 0 aliphatic heterocycles. The third kappa shape index (κ3) is 6.12. The molecule has 5 heteroatoms. The maximum Gasteiger partial charge on any atom is 0.191 e. The Labute approximate surface area is 150 Å². The summed E-state index contributed by atoms with van der Waals surface area (Å²) in [4.78, 5) is 4.27. The summed E-state index contributed by atoms with van der Waals surface area (Å²) >= 11 is 0. The molecule has 0 bridgehead atoms. The predicted octanol–water partition coefficient (Wildman–Crippen LogP) is 2.79. The van der Waals surface area contributed by atoms with Gasteiger partial charge in [-0.15, -0.1) is 0 Å². The monoisotopic (exact) mass is 341 g/mol. The summed E-state index contributed by atoms with van der Waals surface area (Å²) in [6.45, 7) is 1.46. The Balaban J connectivity index is 1.78. The maximum atomic E-state index is 5.57. The van der Waals surface area contributed by atoms with Gasteiger partial charge in [0.15, 0.2) is 5.96 Å². The van der Waals surface area contributed by atoms with Crippen LogP contribution in [-0.4, -0.2) is 40.3 Å². The molecule has 0 heterocycles. The summed E-state index contributed by atoms with van der Waals surface area (Å²) in [7, 11) is 5.17. The van der Waals surface area contributed by atoms with Crippen LogP contribution in [0.5, 0.6) is 5.75 Å². The molecule has 0 saturated heterocycles. The molecule has 2 aromatic carbocycles. The number of ether oxygens (including phenoxy) is 2. The Kier molecular flexibility index (Phi) is 7.79. The highest BCUT2D eigenvalue weighted by Gasteiger charge is 2.10. The second kappa shape index (κ2) is 10.4. The highest BCUT2D eigenvalue weighted by Crippen LogP contribution is 2.14. The fraction of sp³-hybridized carbons (Fsp3) is 0.350. The second-order valence-electron chi connectivity index (χ2n) is 5.61. The first-order valence-corrected chi connectivity index (χ1v) is 8.42. The van der Waals surface area contributed by atoms with Gasteiger partial charge in [-0.05, 0) is 29.7 Å². The summed E-state index contributed by atoms with van der Waals surface area (Å²) in [5.74, 6) is 1.65. The number of guanidine groups is 1. The minimum Gasteiger partial charge on any atom is -0.497 e. The molecule has 0 amide bonds. The molecule has 1 atom stereocenters. The first-order valence-electron chi connectivity index (χ1n) is 8.42. The lowest BCUT2D eigenvalue weighted by Crippen LogP contribution is -2.40. The first kappa shape index (κ1) is 18.8. The fourth-order valence-corrected chi connectivity index (χ4v) is 2.53. The quantitative estimate of drug-likeness (QED) is 0.573. The second-order valence-corrected chi connectivity index (χ2v) is 5.61. The molecule has 1 unspecified atom stereocenters. The Morgan fingerprint density at radius 1 is 1.00 bits per heavy atom. The van der Waals surface area contributed by atoms with Crippen LogP contribution in [0.25, 0.3) is 0 Å². The summed E-state index contributed by atoms with van der Waals surface area (Å²) in [5.41, 5.74) is 2.40. The average Bonchev–Trinajstić information content (AvgIpc) is 2.68. The standard InChI is InChI=1S/C20H27N3O2/c1-21-20(22-14-13-16-9-11-18(24-2)12-10-16)23-15-19(25-3)17-7-5-4-6-8-17/h4-12,19H,13-15H2,1-3H3,(H2,21,22,23). The molecule has 0 aliphatic rings. The van der Waals surface area contributed by atoms with Crippen molar-refractivity contribution in [3.63, 3.8) is 0 Å². The van der Waals surface area contributed by atoms with Crippen molar-refractivity contribution >= 4 is 5.96 Å². The van der Waals surface area contributed by atoms with Gasteiger partial charge >= 0.3 is 0 Å². The molecule has 0 aromatic heterocycles. The fourth-order valence-electron chi connectivity index (χ4n) is 2.53. The van der Waals surface area contributed by atoms with Crippen LogP contribution in [0, 0.1) is 0 Å². The lowest BCUT2D eigenvalue weighted by atomic mass is 10.1. The first-order chi connectivity index (χ1) is 12.3. The summed E-state index contributed by atoms with van der Waals surface area (Å²) in [6.07, 6.45) is 0.901. The summed E-state index contributed by atoms with van der Waals surface area (Å²) in [6, 6.07) is 18.3. The van der Waals surface area contributed by atoms with Crippen LogP contribution in [0.4, 0.5) is 0 Å². The number of nitrogens with one attached hydrogen (secondary N) is 2. The molecule has 0 fully saturated rings. The highest BCUT2D eigenvalue weighted by molar-refractivity contribution is 5.79. The number of methoxy groups -OCH3 is 2. The third-order valence-corrected chi connectivity index (χ3v) is 4.00. The van der Waals surface area contributed by atoms with Gasteiger partial charge in [-0.3, -0.25) is 4.99 Å². The molecule has 134 valence electrons. The van der Waals surface area contributed by atoms with Crippen LogP contribution in [0.1, 0.15) is 17.2 Å². The van der Waals surface area contributed by atoms with E-state index in [0.717, 1.165) is 30.2 Å². The lowest BCUT2D eigenvalue weighted by molar-refractivity contribution is 0.106. The average molecular weight is 341 g/mol. The van der Waals surface area contributed by atoms with Crippen LogP contribution in [0.2, 0.25) is 0 Å². The van der Waals surface area contributed by atoms with Crippen molar-refractivity contribution in [2.45, 2.75) is 12.5 Å². The van der Waals surface area contributed by atoms with Gasteiger partial charge in [0.2, 0.25) is 0 Å². The summed E-state index contributed by atoms with van der Waals surface area (Å²) in [5, 5.41) is 6.65. The molecule has 25 heavy (non-hydrogen) atoms.